The van der Waals surface area contributed by atoms with Gasteiger partial charge in [-0.05, 0) is 68.7 Å². The molecule has 0 bridgehead atoms. The molecule has 1 heterocycles. The molecule has 1 N–H and O–H groups in total. The number of hydrogen-bond donors (Lipinski definition) is 1. The van der Waals surface area contributed by atoms with Gasteiger partial charge in [0.15, 0.2) is 18.1 Å². The number of nitrogens with one attached hydrogen (secondary N) is 1. The molecule has 1 aliphatic rings. The average Bonchev–Trinajstić information content (AvgIpc) is 2.71. The number of amides is 1. The molecular formula is C24H29N3O3. The Balaban J connectivity index is 1.67. The molecule has 0 radical (unpaired) electrons. The first-order valence-corrected chi connectivity index (χ1v) is 9.89. The molecule has 1 aliphatic heterocycles. The van der Waals surface area contributed by atoms with Crippen molar-refractivity contribution in [3.63, 3.8) is 0 Å². The van der Waals surface area contributed by atoms with Crippen LogP contribution in [0.15, 0.2) is 47.6 Å². The number of benzene rings is 2. The summed E-state index contributed by atoms with van der Waals surface area (Å²) in [5.41, 5.74) is 8.14. The SMILES string of the molecule is COc1ccccc1OCC(=O)N/N=C/c1cc2c(cc1C)N(C)C(C)(C)C=C2C. The number of anilines is 1. The highest BCUT2D eigenvalue weighted by Crippen LogP contribution is 2.38. The summed E-state index contributed by atoms with van der Waals surface area (Å²) in [6.45, 7) is 8.42. The monoisotopic (exact) mass is 407 g/mol. The van der Waals surface area contributed by atoms with Gasteiger partial charge in [-0.1, -0.05) is 18.2 Å². The number of aryl methyl sites for hydroxylation is 1. The van der Waals surface area contributed by atoms with Crippen LogP contribution in [0.4, 0.5) is 5.69 Å². The number of rotatable bonds is 6. The first-order chi connectivity index (χ1) is 14.2. The second-order valence-electron chi connectivity index (χ2n) is 8.00. The molecule has 0 atom stereocenters. The predicted molar refractivity (Wildman–Crippen MR) is 122 cm³/mol. The lowest BCUT2D eigenvalue weighted by Crippen LogP contribution is -2.42. The summed E-state index contributed by atoms with van der Waals surface area (Å²) in [5, 5.41) is 4.11. The molecule has 0 saturated carbocycles. The van der Waals surface area contributed by atoms with Gasteiger partial charge in [0, 0.05) is 18.3 Å². The summed E-state index contributed by atoms with van der Waals surface area (Å²) in [7, 11) is 3.67. The third-order valence-electron chi connectivity index (χ3n) is 5.43. The van der Waals surface area contributed by atoms with Crippen LogP contribution in [-0.2, 0) is 4.79 Å². The fraction of sp³-hybridized carbons (Fsp3) is 0.333. The van der Waals surface area contributed by atoms with Crippen molar-refractivity contribution in [2.75, 3.05) is 25.7 Å². The van der Waals surface area contributed by atoms with Crippen molar-refractivity contribution in [3.8, 4) is 11.5 Å². The Morgan fingerprint density at radius 2 is 1.90 bits per heavy atom. The third kappa shape index (κ3) is 4.48. The number of allylic oxidation sites excluding steroid dienone is 1. The van der Waals surface area contributed by atoms with Gasteiger partial charge < -0.3 is 14.4 Å². The van der Waals surface area contributed by atoms with Gasteiger partial charge in [0.2, 0.25) is 0 Å². The lowest BCUT2D eigenvalue weighted by Gasteiger charge is -2.41. The van der Waals surface area contributed by atoms with Gasteiger partial charge in [0.1, 0.15) is 0 Å². The molecule has 0 unspecified atom stereocenters. The van der Waals surface area contributed by atoms with Crippen LogP contribution < -0.4 is 19.8 Å². The van der Waals surface area contributed by atoms with Gasteiger partial charge >= 0.3 is 0 Å². The highest BCUT2D eigenvalue weighted by molar-refractivity contribution is 5.90. The number of methoxy groups -OCH3 is 1. The minimum Gasteiger partial charge on any atom is -0.493 e. The van der Waals surface area contributed by atoms with Crippen LogP contribution >= 0.6 is 0 Å². The Labute approximate surface area is 178 Å². The van der Waals surface area contributed by atoms with E-state index in [4.69, 9.17) is 9.47 Å². The molecule has 3 rings (SSSR count). The fourth-order valence-electron chi connectivity index (χ4n) is 3.54. The standard InChI is InChI=1S/C24H29N3O3/c1-16-11-20-19(17(2)13-24(3,4)27(20)5)12-18(16)14-25-26-23(28)15-30-22-10-8-7-9-21(22)29-6/h7-14H,15H2,1-6H3,(H,26,28)/b25-14+. The van der Waals surface area contributed by atoms with E-state index in [2.05, 4.69) is 61.5 Å². The molecule has 158 valence electrons. The zero-order chi connectivity index (χ0) is 21.9. The van der Waals surface area contributed by atoms with Gasteiger partial charge in [0.25, 0.3) is 5.91 Å². The maximum Gasteiger partial charge on any atom is 0.277 e. The van der Waals surface area contributed by atoms with Crippen LogP contribution in [0.1, 0.15) is 37.5 Å². The topological polar surface area (TPSA) is 63.2 Å². The zero-order valence-electron chi connectivity index (χ0n) is 18.4. The summed E-state index contributed by atoms with van der Waals surface area (Å²) in [5.74, 6) is 0.749. The normalized spacial score (nSPS) is 14.9. The van der Waals surface area contributed by atoms with E-state index >= 15 is 0 Å². The molecule has 0 aromatic heterocycles. The van der Waals surface area contributed by atoms with E-state index in [0.29, 0.717) is 11.5 Å². The second kappa shape index (κ2) is 8.61. The van der Waals surface area contributed by atoms with E-state index in [1.807, 2.05) is 19.1 Å². The highest BCUT2D eigenvalue weighted by Gasteiger charge is 2.28. The van der Waals surface area contributed by atoms with Crippen LogP contribution in [0.25, 0.3) is 5.57 Å². The molecule has 1 amide bonds. The van der Waals surface area contributed by atoms with E-state index in [9.17, 15) is 4.79 Å². The molecule has 6 nitrogen and oxygen atoms in total. The van der Waals surface area contributed by atoms with Crippen LogP contribution in [0, 0.1) is 6.92 Å². The fourth-order valence-corrected chi connectivity index (χ4v) is 3.54. The van der Waals surface area contributed by atoms with Crippen molar-refractivity contribution in [2.45, 2.75) is 33.2 Å². The van der Waals surface area contributed by atoms with Crippen LogP contribution in [0.2, 0.25) is 0 Å². The smallest absolute Gasteiger partial charge is 0.277 e. The first kappa shape index (κ1) is 21.4. The van der Waals surface area contributed by atoms with Crippen molar-refractivity contribution in [3.05, 3.63) is 59.2 Å². The molecule has 2 aromatic carbocycles. The number of hydrogen-bond acceptors (Lipinski definition) is 5. The molecule has 30 heavy (non-hydrogen) atoms. The van der Waals surface area contributed by atoms with Gasteiger partial charge in [-0.3, -0.25) is 4.79 Å². The minimum atomic E-state index is -0.342. The number of ether oxygens (including phenoxy) is 2. The van der Waals surface area contributed by atoms with Crippen LogP contribution in [-0.4, -0.2) is 38.4 Å². The first-order valence-electron chi connectivity index (χ1n) is 9.89. The predicted octanol–water partition coefficient (Wildman–Crippen LogP) is 4.16. The van der Waals surface area contributed by atoms with Crippen molar-refractivity contribution in [1.82, 2.24) is 5.43 Å². The van der Waals surface area contributed by atoms with Gasteiger partial charge in [0.05, 0.1) is 18.9 Å². The largest absolute Gasteiger partial charge is 0.493 e. The number of carbonyl (C=O) groups excluding carboxylic acids is 1. The number of para-hydroxylation sites is 2. The molecular weight excluding hydrogens is 378 g/mol. The zero-order valence-corrected chi connectivity index (χ0v) is 18.4. The number of fused-ring (bicyclic) bond motifs is 1. The maximum absolute atomic E-state index is 12.1. The summed E-state index contributed by atoms with van der Waals surface area (Å²) in [6.07, 6.45) is 3.94. The average molecular weight is 408 g/mol. The Bertz CT molecular complexity index is 1010. The third-order valence-corrected chi connectivity index (χ3v) is 5.43. The lowest BCUT2D eigenvalue weighted by molar-refractivity contribution is -0.123. The summed E-state index contributed by atoms with van der Waals surface area (Å²) < 4.78 is 10.7. The van der Waals surface area contributed by atoms with E-state index in [-0.39, 0.29) is 18.1 Å². The molecule has 0 fully saturated rings. The number of nitrogens with zero attached hydrogens (tertiary/aromatic N) is 2. The molecule has 0 saturated heterocycles. The Hall–Kier alpha value is -3.28. The second-order valence-corrected chi connectivity index (χ2v) is 8.00. The van der Waals surface area contributed by atoms with E-state index < -0.39 is 0 Å². The van der Waals surface area contributed by atoms with E-state index in [1.54, 1.807) is 25.5 Å². The Morgan fingerprint density at radius 3 is 2.60 bits per heavy atom. The number of carbonyl (C=O) groups is 1. The van der Waals surface area contributed by atoms with Gasteiger partial charge in [-0.25, -0.2) is 5.43 Å². The minimum absolute atomic E-state index is 0.0332. The van der Waals surface area contributed by atoms with E-state index in [1.165, 1.54) is 16.8 Å². The highest BCUT2D eigenvalue weighted by atomic mass is 16.5. The van der Waals surface area contributed by atoms with Gasteiger partial charge in [-0.15, -0.1) is 0 Å². The van der Waals surface area contributed by atoms with Crippen LogP contribution in [0.3, 0.4) is 0 Å². The number of likely N-dealkylation sites (N-methyl/N-ethyl adjacent to an activating group) is 1. The quantitative estimate of drug-likeness (QED) is 0.577. The van der Waals surface area contributed by atoms with Crippen LogP contribution in [0.5, 0.6) is 11.5 Å². The molecule has 0 aliphatic carbocycles. The Morgan fingerprint density at radius 1 is 1.20 bits per heavy atom. The molecule has 6 heteroatoms. The molecule has 2 aromatic rings. The summed E-state index contributed by atoms with van der Waals surface area (Å²) >= 11 is 0. The van der Waals surface area contributed by atoms with Crippen molar-refractivity contribution >= 4 is 23.4 Å². The molecule has 0 spiro atoms. The van der Waals surface area contributed by atoms with Crippen molar-refractivity contribution in [1.29, 1.82) is 0 Å². The Kier molecular flexibility index (Phi) is 6.15. The summed E-state index contributed by atoms with van der Waals surface area (Å²) in [6, 6.07) is 11.5. The van der Waals surface area contributed by atoms with E-state index in [0.717, 1.165) is 11.1 Å². The van der Waals surface area contributed by atoms with Gasteiger partial charge in [-0.2, -0.15) is 5.10 Å². The van der Waals surface area contributed by atoms with Crippen molar-refractivity contribution in [2.24, 2.45) is 5.10 Å². The summed E-state index contributed by atoms with van der Waals surface area (Å²) in [4.78, 5) is 14.4. The number of hydrazone groups is 1. The maximum atomic E-state index is 12.1. The van der Waals surface area contributed by atoms with Crippen molar-refractivity contribution < 1.29 is 14.3 Å². The lowest BCUT2D eigenvalue weighted by atomic mass is 9.87.